The fourth-order valence-electron chi connectivity index (χ4n) is 3.27. The normalized spacial score (nSPS) is 24.2. The van der Waals surface area contributed by atoms with Gasteiger partial charge >= 0.3 is 0 Å². The van der Waals surface area contributed by atoms with Gasteiger partial charge in [0.05, 0.1) is 11.4 Å². The first kappa shape index (κ1) is 16.5. The zero-order valence-electron chi connectivity index (χ0n) is 14.2. The number of nitrogens with one attached hydrogen (secondary N) is 1. The molecule has 2 unspecified atom stereocenters. The van der Waals surface area contributed by atoms with Crippen LogP contribution in [0.5, 0.6) is 0 Å². The van der Waals surface area contributed by atoms with Crippen molar-refractivity contribution in [3.8, 4) is 0 Å². The molecule has 2 rings (SSSR count). The average molecular weight is 292 g/mol. The highest BCUT2D eigenvalue weighted by molar-refractivity contribution is 5.11. The van der Waals surface area contributed by atoms with Crippen LogP contribution in [0.25, 0.3) is 0 Å². The predicted octanol–water partition coefficient (Wildman–Crippen LogP) is 2.82. The van der Waals surface area contributed by atoms with E-state index in [4.69, 9.17) is 5.10 Å². The zero-order valence-corrected chi connectivity index (χ0v) is 14.2. The molecular weight excluding hydrogens is 260 g/mol. The van der Waals surface area contributed by atoms with Crippen molar-refractivity contribution in [1.29, 1.82) is 0 Å². The van der Waals surface area contributed by atoms with Crippen molar-refractivity contribution in [2.45, 2.75) is 78.6 Å². The van der Waals surface area contributed by atoms with Crippen LogP contribution >= 0.6 is 0 Å². The summed E-state index contributed by atoms with van der Waals surface area (Å²) in [6, 6.07) is 3.58. The number of hydrogen-bond donors (Lipinski definition) is 1. The molecule has 1 saturated heterocycles. The summed E-state index contributed by atoms with van der Waals surface area (Å²) in [5.74, 6) is 0. The Kier molecular flexibility index (Phi) is 6.24. The maximum atomic E-state index is 4.69. The second-order valence-electron chi connectivity index (χ2n) is 6.30. The molecule has 4 heteroatoms. The topological polar surface area (TPSA) is 33.1 Å². The summed E-state index contributed by atoms with van der Waals surface area (Å²) in [5, 5.41) is 8.40. The van der Waals surface area contributed by atoms with Gasteiger partial charge in [0.2, 0.25) is 0 Å². The molecule has 0 spiro atoms. The van der Waals surface area contributed by atoms with Gasteiger partial charge in [-0.15, -0.1) is 0 Å². The molecular formula is C17H32N4. The van der Waals surface area contributed by atoms with Crippen molar-refractivity contribution in [3.63, 3.8) is 0 Å². The van der Waals surface area contributed by atoms with E-state index < -0.39 is 0 Å². The van der Waals surface area contributed by atoms with E-state index >= 15 is 0 Å². The summed E-state index contributed by atoms with van der Waals surface area (Å²) in [5.41, 5.74) is 2.59. The van der Waals surface area contributed by atoms with Crippen molar-refractivity contribution in [2.75, 3.05) is 13.1 Å². The molecule has 120 valence electrons. The number of aryl methyl sites for hydroxylation is 2. The van der Waals surface area contributed by atoms with Gasteiger partial charge in [-0.25, -0.2) is 0 Å². The van der Waals surface area contributed by atoms with Gasteiger partial charge in [-0.2, -0.15) is 5.10 Å². The number of aromatic nitrogens is 2. The van der Waals surface area contributed by atoms with Gasteiger partial charge in [0, 0.05) is 31.7 Å². The van der Waals surface area contributed by atoms with Crippen LogP contribution in [0, 0.1) is 0 Å². The third-order valence-corrected chi connectivity index (χ3v) is 4.65. The Labute approximate surface area is 129 Å². The highest BCUT2D eigenvalue weighted by Gasteiger charge is 2.23. The van der Waals surface area contributed by atoms with E-state index in [2.05, 4.69) is 48.7 Å². The van der Waals surface area contributed by atoms with Crippen LogP contribution in [0.2, 0.25) is 0 Å². The van der Waals surface area contributed by atoms with E-state index in [1.54, 1.807) is 0 Å². The Balaban J connectivity index is 2.09. The second-order valence-corrected chi connectivity index (χ2v) is 6.30. The maximum absolute atomic E-state index is 4.69. The lowest BCUT2D eigenvalue weighted by Crippen LogP contribution is -2.40. The highest BCUT2D eigenvalue weighted by atomic mass is 15.3. The Hall–Kier alpha value is -0.870. The van der Waals surface area contributed by atoms with E-state index in [0.29, 0.717) is 12.1 Å². The molecule has 1 N–H and O–H groups in total. The largest absolute Gasteiger partial charge is 0.313 e. The molecule has 0 bridgehead atoms. The van der Waals surface area contributed by atoms with Crippen molar-refractivity contribution >= 4 is 0 Å². The molecule has 0 amide bonds. The van der Waals surface area contributed by atoms with Gasteiger partial charge in [0.15, 0.2) is 0 Å². The van der Waals surface area contributed by atoms with E-state index in [9.17, 15) is 0 Å². The van der Waals surface area contributed by atoms with Gasteiger partial charge < -0.3 is 5.32 Å². The summed E-state index contributed by atoms with van der Waals surface area (Å²) in [6.07, 6.45) is 4.79. The molecule has 0 aromatic carbocycles. The Morgan fingerprint density at radius 2 is 2.14 bits per heavy atom. The summed E-state index contributed by atoms with van der Waals surface area (Å²) in [7, 11) is 0. The van der Waals surface area contributed by atoms with Crippen LogP contribution in [0.1, 0.15) is 58.3 Å². The van der Waals surface area contributed by atoms with Gasteiger partial charge in [-0.05, 0) is 45.7 Å². The second kappa shape index (κ2) is 7.95. The third kappa shape index (κ3) is 4.30. The predicted molar refractivity (Wildman–Crippen MR) is 88.5 cm³/mol. The molecule has 1 aromatic rings. The summed E-state index contributed by atoms with van der Waals surface area (Å²) >= 11 is 0. The number of nitrogens with zero attached hydrogens (tertiary/aromatic N) is 3. The van der Waals surface area contributed by atoms with Crippen LogP contribution in [0.15, 0.2) is 6.07 Å². The molecule has 21 heavy (non-hydrogen) atoms. The minimum absolute atomic E-state index is 0.642. The Bertz CT molecular complexity index is 426. The first-order valence-electron chi connectivity index (χ1n) is 8.70. The van der Waals surface area contributed by atoms with Gasteiger partial charge in [-0.1, -0.05) is 20.3 Å². The zero-order chi connectivity index (χ0) is 15.2. The number of rotatable bonds is 6. The van der Waals surface area contributed by atoms with Gasteiger partial charge in [-0.3, -0.25) is 9.58 Å². The molecule has 0 saturated carbocycles. The van der Waals surface area contributed by atoms with Gasteiger partial charge in [0.25, 0.3) is 0 Å². The summed E-state index contributed by atoms with van der Waals surface area (Å²) in [4.78, 5) is 2.64. The molecule has 0 aliphatic carbocycles. The van der Waals surface area contributed by atoms with E-state index in [-0.39, 0.29) is 0 Å². The molecule has 4 nitrogen and oxygen atoms in total. The average Bonchev–Trinajstić information content (AvgIpc) is 2.80. The standard InChI is InChI=1S/C17H32N4/c1-5-8-16-12-20(14(4)9-10-18-16)13-17-11-15(6-2)19-21(17)7-3/h11,14,16,18H,5-10,12-13H2,1-4H3. The van der Waals surface area contributed by atoms with Crippen LogP contribution in [0.4, 0.5) is 0 Å². The minimum atomic E-state index is 0.642. The molecule has 2 heterocycles. The number of hydrogen-bond acceptors (Lipinski definition) is 3. The maximum Gasteiger partial charge on any atom is 0.0625 e. The summed E-state index contributed by atoms with van der Waals surface area (Å²) in [6.45, 7) is 13.3. The van der Waals surface area contributed by atoms with Crippen molar-refractivity contribution in [1.82, 2.24) is 20.0 Å². The lowest BCUT2D eigenvalue weighted by Gasteiger charge is -2.29. The van der Waals surface area contributed by atoms with Crippen molar-refractivity contribution < 1.29 is 0 Å². The van der Waals surface area contributed by atoms with E-state index in [0.717, 1.165) is 32.6 Å². The molecule has 0 radical (unpaired) electrons. The SMILES string of the molecule is CCCC1CN(Cc2cc(CC)nn2CC)C(C)CCN1. The quantitative estimate of drug-likeness (QED) is 0.875. The van der Waals surface area contributed by atoms with Crippen LogP contribution < -0.4 is 5.32 Å². The Morgan fingerprint density at radius 1 is 1.33 bits per heavy atom. The molecule has 2 atom stereocenters. The Morgan fingerprint density at radius 3 is 2.81 bits per heavy atom. The van der Waals surface area contributed by atoms with Crippen LogP contribution in [-0.2, 0) is 19.5 Å². The van der Waals surface area contributed by atoms with Crippen molar-refractivity contribution in [3.05, 3.63) is 17.5 Å². The monoisotopic (exact) mass is 292 g/mol. The third-order valence-electron chi connectivity index (χ3n) is 4.65. The first-order chi connectivity index (χ1) is 10.2. The van der Waals surface area contributed by atoms with Crippen LogP contribution in [0.3, 0.4) is 0 Å². The molecule has 1 fully saturated rings. The smallest absolute Gasteiger partial charge is 0.0625 e. The van der Waals surface area contributed by atoms with E-state index in [1.807, 2.05) is 0 Å². The van der Waals surface area contributed by atoms with Crippen molar-refractivity contribution in [2.24, 2.45) is 0 Å². The minimum Gasteiger partial charge on any atom is -0.313 e. The molecule has 1 aromatic heterocycles. The van der Waals surface area contributed by atoms with E-state index in [1.165, 1.54) is 30.7 Å². The van der Waals surface area contributed by atoms with Crippen LogP contribution in [-0.4, -0.2) is 39.9 Å². The lowest BCUT2D eigenvalue weighted by molar-refractivity contribution is 0.188. The highest BCUT2D eigenvalue weighted by Crippen LogP contribution is 2.16. The fourth-order valence-corrected chi connectivity index (χ4v) is 3.27. The summed E-state index contributed by atoms with van der Waals surface area (Å²) < 4.78 is 2.18. The van der Waals surface area contributed by atoms with Gasteiger partial charge in [0.1, 0.15) is 0 Å². The molecule has 1 aliphatic heterocycles. The molecule has 1 aliphatic rings. The lowest BCUT2D eigenvalue weighted by atomic mass is 10.1. The first-order valence-corrected chi connectivity index (χ1v) is 8.70. The fraction of sp³-hybridized carbons (Fsp3) is 0.824.